The topological polar surface area (TPSA) is 103 Å². The number of para-hydroxylation sites is 1. The van der Waals surface area contributed by atoms with Gasteiger partial charge in [0.25, 0.3) is 0 Å². The summed E-state index contributed by atoms with van der Waals surface area (Å²) < 4.78 is 0. The lowest BCUT2D eigenvalue weighted by Crippen LogP contribution is -2.60. The van der Waals surface area contributed by atoms with Gasteiger partial charge in [-0.05, 0) is 42.5 Å². The van der Waals surface area contributed by atoms with Crippen LogP contribution in [0.4, 0.5) is 0 Å². The molecule has 3 aliphatic heterocycles. The fourth-order valence-electron chi connectivity index (χ4n) is 5.03. The second-order valence-electron chi connectivity index (χ2n) is 9.55. The molecule has 4 rings (SSSR count). The molecule has 7 N–H and O–H groups in total. The first-order chi connectivity index (χ1) is 14.3. The van der Waals surface area contributed by atoms with E-state index in [2.05, 4.69) is 34.3 Å². The number of hydrogen-bond acceptors (Lipinski definition) is 7. The molecule has 2 unspecified atom stereocenters. The van der Waals surface area contributed by atoms with E-state index in [4.69, 9.17) is 11.5 Å². The molecule has 3 aliphatic rings. The summed E-state index contributed by atoms with van der Waals surface area (Å²) in [5, 5.41) is 17.0. The number of phenols is 1. The maximum absolute atomic E-state index is 10.1. The van der Waals surface area contributed by atoms with Crippen molar-refractivity contribution in [3.8, 4) is 5.75 Å². The van der Waals surface area contributed by atoms with Crippen molar-refractivity contribution in [2.24, 2.45) is 22.8 Å². The third-order valence-electron chi connectivity index (χ3n) is 7.02. The maximum atomic E-state index is 10.1. The van der Waals surface area contributed by atoms with Crippen LogP contribution in [-0.2, 0) is 0 Å². The van der Waals surface area contributed by atoms with Gasteiger partial charge in [-0.1, -0.05) is 26.0 Å². The molecule has 7 nitrogen and oxygen atoms in total. The SMILES string of the molecule is CC1(C)CNCCC1CN1CCN2C(/C=C(\N)c3ccccc3O)=C(N)NCC2C1. The zero-order valence-corrected chi connectivity index (χ0v) is 18.2. The van der Waals surface area contributed by atoms with Crippen LogP contribution in [0.1, 0.15) is 25.8 Å². The van der Waals surface area contributed by atoms with Gasteiger partial charge in [-0.25, -0.2) is 0 Å². The van der Waals surface area contributed by atoms with Crippen molar-refractivity contribution >= 4 is 5.70 Å². The summed E-state index contributed by atoms with van der Waals surface area (Å²) in [7, 11) is 0. The van der Waals surface area contributed by atoms with Gasteiger partial charge in [0.05, 0.1) is 11.7 Å². The van der Waals surface area contributed by atoms with Crippen molar-refractivity contribution in [1.29, 1.82) is 0 Å². The van der Waals surface area contributed by atoms with E-state index < -0.39 is 0 Å². The third kappa shape index (κ3) is 4.23. The van der Waals surface area contributed by atoms with Crippen LogP contribution in [0.2, 0.25) is 0 Å². The van der Waals surface area contributed by atoms with Crippen LogP contribution in [0.25, 0.3) is 5.70 Å². The number of nitrogens with one attached hydrogen (secondary N) is 2. The Hall–Kier alpha value is -2.38. The fraction of sp³-hybridized carbons (Fsp3) is 0.565. The van der Waals surface area contributed by atoms with Gasteiger partial charge in [-0.3, -0.25) is 4.90 Å². The Morgan fingerprint density at radius 3 is 2.87 bits per heavy atom. The van der Waals surface area contributed by atoms with E-state index in [1.165, 1.54) is 6.42 Å². The van der Waals surface area contributed by atoms with E-state index in [1.807, 2.05) is 18.2 Å². The molecule has 0 aliphatic carbocycles. The Morgan fingerprint density at radius 1 is 1.30 bits per heavy atom. The van der Waals surface area contributed by atoms with Crippen LogP contribution in [0.15, 0.2) is 41.9 Å². The minimum atomic E-state index is 0.181. The zero-order chi connectivity index (χ0) is 21.3. The molecular formula is C23H36N6O. The molecular weight excluding hydrogens is 376 g/mol. The van der Waals surface area contributed by atoms with Crippen LogP contribution in [-0.4, -0.2) is 66.8 Å². The van der Waals surface area contributed by atoms with E-state index in [1.54, 1.807) is 12.1 Å². The molecule has 7 heteroatoms. The summed E-state index contributed by atoms with van der Waals surface area (Å²) in [6.07, 6.45) is 3.14. The molecule has 0 aromatic heterocycles. The van der Waals surface area contributed by atoms with Crippen LogP contribution >= 0.6 is 0 Å². The summed E-state index contributed by atoms with van der Waals surface area (Å²) in [4.78, 5) is 5.00. The van der Waals surface area contributed by atoms with E-state index in [9.17, 15) is 5.11 Å². The monoisotopic (exact) mass is 412 g/mol. The van der Waals surface area contributed by atoms with Gasteiger partial charge in [0.2, 0.25) is 0 Å². The number of nitrogens with two attached hydrogens (primary N) is 2. The molecule has 2 saturated heterocycles. The normalized spacial score (nSPS) is 27.5. The highest BCUT2D eigenvalue weighted by Crippen LogP contribution is 2.33. The first-order valence-corrected chi connectivity index (χ1v) is 11.0. The smallest absolute Gasteiger partial charge is 0.124 e. The molecule has 1 aromatic rings. The Labute approximate surface area is 179 Å². The number of nitrogens with zero attached hydrogens (tertiary/aromatic N) is 2. The molecule has 164 valence electrons. The van der Waals surface area contributed by atoms with E-state index in [0.29, 0.717) is 28.5 Å². The second-order valence-corrected chi connectivity index (χ2v) is 9.55. The van der Waals surface area contributed by atoms with Crippen LogP contribution in [0, 0.1) is 11.3 Å². The van der Waals surface area contributed by atoms with Gasteiger partial charge in [0.1, 0.15) is 11.6 Å². The number of hydrogen-bond donors (Lipinski definition) is 5. The van der Waals surface area contributed by atoms with Crippen molar-refractivity contribution in [2.75, 3.05) is 45.8 Å². The van der Waals surface area contributed by atoms with Gasteiger partial charge >= 0.3 is 0 Å². The number of benzene rings is 1. The average molecular weight is 413 g/mol. The molecule has 2 fully saturated rings. The largest absolute Gasteiger partial charge is 0.507 e. The lowest BCUT2D eigenvalue weighted by molar-refractivity contribution is 0.0483. The van der Waals surface area contributed by atoms with E-state index in [0.717, 1.165) is 57.4 Å². The van der Waals surface area contributed by atoms with Crippen LogP contribution in [0.5, 0.6) is 5.75 Å². The number of allylic oxidation sites excluding steroid dienone is 1. The highest BCUT2D eigenvalue weighted by Gasteiger charge is 2.37. The van der Waals surface area contributed by atoms with Gasteiger partial charge in [0.15, 0.2) is 0 Å². The first kappa shape index (κ1) is 20.9. The summed E-state index contributed by atoms with van der Waals surface area (Å²) in [6, 6.07) is 7.50. The number of rotatable bonds is 4. The van der Waals surface area contributed by atoms with E-state index in [-0.39, 0.29) is 5.75 Å². The zero-order valence-electron chi connectivity index (χ0n) is 18.2. The Bertz CT molecular complexity index is 833. The van der Waals surface area contributed by atoms with Crippen molar-refractivity contribution in [2.45, 2.75) is 26.3 Å². The Morgan fingerprint density at radius 2 is 2.10 bits per heavy atom. The van der Waals surface area contributed by atoms with Crippen LogP contribution < -0.4 is 22.1 Å². The second kappa shape index (κ2) is 8.40. The van der Waals surface area contributed by atoms with Gasteiger partial charge in [-0.2, -0.15) is 0 Å². The highest BCUT2D eigenvalue weighted by molar-refractivity contribution is 5.70. The van der Waals surface area contributed by atoms with E-state index >= 15 is 0 Å². The summed E-state index contributed by atoms with van der Waals surface area (Å²) in [5.74, 6) is 1.55. The predicted molar refractivity (Wildman–Crippen MR) is 121 cm³/mol. The molecule has 0 radical (unpaired) electrons. The van der Waals surface area contributed by atoms with Gasteiger partial charge in [-0.15, -0.1) is 0 Å². The number of fused-ring (bicyclic) bond motifs is 1. The number of piperidine rings is 1. The van der Waals surface area contributed by atoms with Crippen molar-refractivity contribution in [3.63, 3.8) is 0 Å². The quantitative estimate of drug-likeness (QED) is 0.504. The van der Waals surface area contributed by atoms with Crippen LogP contribution in [0.3, 0.4) is 0 Å². The van der Waals surface area contributed by atoms with Crippen molar-refractivity contribution < 1.29 is 5.11 Å². The third-order valence-corrected chi connectivity index (χ3v) is 7.02. The predicted octanol–water partition coefficient (Wildman–Crippen LogP) is 1.04. The van der Waals surface area contributed by atoms with Gasteiger partial charge < -0.3 is 32.1 Å². The fourth-order valence-corrected chi connectivity index (χ4v) is 5.03. The molecule has 0 saturated carbocycles. The number of aromatic hydroxyl groups is 1. The molecule has 3 heterocycles. The van der Waals surface area contributed by atoms with Crippen molar-refractivity contribution in [3.05, 3.63) is 47.4 Å². The van der Waals surface area contributed by atoms with Crippen molar-refractivity contribution in [1.82, 2.24) is 20.4 Å². The molecule has 30 heavy (non-hydrogen) atoms. The number of phenolic OH excluding ortho intramolecular Hbond substituents is 1. The molecule has 0 spiro atoms. The summed E-state index contributed by atoms with van der Waals surface area (Å²) >= 11 is 0. The minimum Gasteiger partial charge on any atom is -0.507 e. The standard InChI is InChI=1S/C23H36N6O/c1-23(2)15-26-8-7-16(23)13-28-9-10-29-17(14-28)12-27-22(25)20(29)11-19(24)18-5-3-4-6-21(18)30/h3-6,11,16-17,26-27,30H,7-10,12-15,24-25H2,1-2H3/b19-11-. The lowest BCUT2D eigenvalue weighted by Gasteiger charge is -2.48. The summed E-state index contributed by atoms with van der Waals surface area (Å²) in [6.45, 7) is 12.0. The average Bonchev–Trinajstić information content (AvgIpc) is 2.72. The molecule has 1 aromatic carbocycles. The minimum absolute atomic E-state index is 0.181. The Balaban J connectivity index is 1.47. The first-order valence-electron chi connectivity index (χ1n) is 11.0. The maximum Gasteiger partial charge on any atom is 0.124 e. The van der Waals surface area contributed by atoms with Gasteiger partial charge in [0, 0.05) is 50.5 Å². The highest BCUT2D eigenvalue weighted by atomic mass is 16.3. The lowest BCUT2D eigenvalue weighted by atomic mass is 9.74. The summed E-state index contributed by atoms with van der Waals surface area (Å²) in [5.41, 5.74) is 15.1. The molecule has 2 atom stereocenters. The number of piperazine rings is 1. The molecule has 0 bridgehead atoms. The molecule has 0 amide bonds. The Kier molecular flexibility index (Phi) is 5.84.